The fraction of sp³-hybridized carbons (Fsp3) is 0.438. The predicted molar refractivity (Wildman–Crippen MR) is 84.1 cm³/mol. The van der Waals surface area contributed by atoms with Crippen LogP contribution in [0.3, 0.4) is 0 Å². The molecule has 0 bridgehead atoms. The van der Waals surface area contributed by atoms with E-state index >= 15 is 0 Å². The van der Waals surface area contributed by atoms with Crippen LogP contribution >= 0.6 is 0 Å². The highest BCUT2D eigenvalue weighted by molar-refractivity contribution is 7.85. The summed E-state index contributed by atoms with van der Waals surface area (Å²) in [6.07, 6.45) is 1.90. The van der Waals surface area contributed by atoms with E-state index in [1.807, 2.05) is 13.1 Å². The van der Waals surface area contributed by atoms with Gasteiger partial charge in [-0.1, -0.05) is 6.08 Å². The molecule has 1 N–H and O–H groups in total. The first-order chi connectivity index (χ1) is 9.43. The minimum absolute atomic E-state index is 0.0691. The van der Waals surface area contributed by atoms with Crippen molar-refractivity contribution in [2.75, 3.05) is 7.05 Å². The molecule has 0 fully saturated rings. The fourth-order valence-electron chi connectivity index (χ4n) is 3.47. The van der Waals surface area contributed by atoms with Crippen LogP contribution in [0.2, 0.25) is 0 Å². The average molecular weight is 308 g/mol. The molecule has 5 heteroatoms. The maximum atomic E-state index is 11.4. The highest BCUT2D eigenvalue weighted by Gasteiger charge is 2.50. The zero-order valence-electron chi connectivity index (χ0n) is 13.1. The van der Waals surface area contributed by atoms with Gasteiger partial charge in [0, 0.05) is 11.6 Å². The predicted octanol–water partition coefficient (Wildman–Crippen LogP) is 3.15. The molecule has 0 spiro atoms. The van der Waals surface area contributed by atoms with Gasteiger partial charge >= 0.3 is 0 Å². The summed E-state index contributed by atoms with van der Waals surface area (Å²) >= 11 is 0. The highest BCUT2D eigenvalue weighted by Crippen LogP contribution is 2.45. The highest BCUT2D eigenvalue weighted by atomic mass is 32.2. The smallest absolute Gasteiger partial charge is 0.282 e. The van der Waals surface area contributed by atoms with Crippen LogP contribution in [0.25, 0.3) is 0 Å². The number of rotatable bonds is 3. The largest absolute Gasteiger partial charge is 0.294 e. The van der Waals surface area contributed by atoms with Crippen LogP contribution in [0.15, 0.2) is 35.7 Å². The number of fused-ring (bicyclic) bond motifs is 1. The van der Waals surface area contributed by atoms with E-state index < -0.39 is 10.1 Å². The van der Waals surface area contributed by atoms with Crippen molar-refractivity contribution in [3.63, 3.8) is 0 Å². The Morgan fingerprint density at radius 1 is 1.33 bits per heavy atom. The van der Waals surface area contributed by atoms with Crippen molar-refractivity contribution < 1.29 is 17.5 Å². The zero-order chi connectivity index (χ0) is 16.2. The summed E-state index contributed by atoms with van der Waals surface area (Å²) in [5.74, 6) is 0. The van der Waals surface area contributed by atoms with E-state index in [9.17, 15) is 13.0 Å². The number of hydrogen-bond donors (Lipinski definition) is 1. The quantitative estimate of drug-likeness (QED) is 0.530. The van der Waals surface area contributed by atoms with Gasteiger partial charge in [0.1, 0.15) is 7.05 Å². The standard InChI is InChI=1S/C16H21NO3S/c1-7-15(2,3)14-16(4,5)12-10-11(21(18,19)20)8-9-13(12)17(14)6/h7-10H,1H2,2-6H3/p+1. The van der Waals surface area contributed by atoms with Gasteiger partial charge in [-0.3, -0.25) is 4.55 Å². The van der Waals surface area contributed by atoms with Gasteiger partial charge < -0.3 is 0 Å². The Morgan fingerprint density at radius 2 is 1.90 bits per heavy atom. The number of allylic oxidation sites excluding steroid dienone is 1. The molecule has 0 saturated heterocycles. The van der Waals surface area contributed by atoms with Crippen molar-refractivity contribution >= 4 is 21.5 Å². The second kappa shape index (κ2) is 4.52. The minimum Gasteiger partial charge on any atom is -0.282 e. The maximum Gasteiger partial charge on any atom is 0.294 e. The lowest BCUT2D eigenvalue weighted by Crippen LogP contribution is -2.39. The van der Waals surface area contributed by atoms with Gasteiger partial charge in [0.15, 0.2) is 5.71 Å². The van der Waals surface area contributed by atoms with Crippen LogP contribution < -0.4 is 0 Å². The number of benzene rings is 1. The maximum absolute atomic E-state index is 11.4. The van der Waals surface area contributed by atoms with E-state index in [0.29, 0.717) is 0 Å². The molecule has 1 aromatic carbocycles. The third-order valence-corrected chi connectivity index (χ3v) is 5.20. The van der Waals surface area contributed by atoms with Crippen LogP contribution in [0.1, 0.15) is 33.3 Å². The molecule has 1 aliphatic heterocycles. The van der Waals surface area contributed by atoms with Crippen LogP contribution in [0, 0.1) is 5.41 Å². The van der Waals surface area contributed by atoms with Crippen molar-refractivity contribution in [1.82, 2.24) is 0 Å². The van der Waals surface area contributed by atoms with Gasteiger partial charge in [-0.05, 0) is 39.8 Å². The van der Waals surface area contributed by atoms with Crippen molar-refractivity contribution in [1.29, 1.82) is 0 Å². The molecule has 0 atom stereocenters. The van der Waals surface area contributed by atoms with Gasteiger partial charge in [0.05, 0.1) is 15.7 Å². The second-order valence-electron chi connectivity index (χ2n) is 6.61. The van der Waals surface area contributed by atoms with Gasteiger partial charge in [0.2, 0.25) is 5.69 Å². The van der Waals surface area contributed by atoms with Crippen molar-refractivity contribution in [3.8, 4) is 0 Å². The molecule has 0 saturated carbocycles. The van der Waals surface area contributed by atoms with Crippen molar-refractivity contribution in [2.24, 2.45) is 5.41 Å². The monoisotopic (exact) mass is 308 g/mol. The van der Waals surface area contributed by atoms with Gasteiger partial charge in [0.25, 0.3) is 10.1 Å². The minimum atomic E-state index is -4.20. The normalized spacial score (nSPS) is 17.8. The van der Waals surface area contributed by atoms with E-state index in [-0.39, 0.29) is 15.7 Å². The van der Waals surface area contributed by atoms with E-state index in [2.05, 4.69) is 38.8 Å². The summed E-state index contributed by atoms with van der Waals surface area (Å²) in [5, 5.41) is 0. The molecular weight excluding hydrogens is 286 g/mol. The van der Waals surface area contributed by atoms with E-state index in [4.69, 9.17) is 0 Å². The Labute approximate surface area is 126 Å². The van der Waals surface area contributed by atoms with Gasteiger partial charge in [-0.25, -0.2) is 4.58 Å². The van der Waals surface area contributed by atoms with Crippen LogP contribution in [-0.4, -0.2) is 30.3 Å². The summed E-state index contributed by atoms with van der Waals surface area (Å²) in [7, 11) is -2.23. The summed E-state index contributed by atoms with van der Waals surface area (Å²) in [6, 6.07) is 4.74. The Balaban J connectivity index is 2.75. The summed E-state index contributed by atoms with van der Waals surface area (Å²) in [6.45, 7) is 12.2. The molecule has 0 aromatic heterocycles. The fourth-order valence-corrected chi connectivity index (χ4v) is 3.98. The molecule has 0 unspecified atom stereocenters. The lowest BCUT2D eigenvalue weighted by molar-refractivity contribution is -0.406. The van der Waals surface area contributed by atoms with Crippen molar-refractivity contribution in [2.45, 2.75) is 38.0 Å². The Kier molecular flexibility index (Phi) is 3.42. The molecule has 1 heterocycles. The molecule has 1 aromatic rings. The first kappa shape index (κ1) is 15.9. The Bertz CT molecular complexity index is 756. The van der Waals surface area contributed by atoms with E-state index in [1.54, 1.807) is 12.1 Å². The summed E-state index contributed by atoms with van der Waals surface area (Å²) in [5.41, 5.74) is 2.42. The van der Waals surface area contributed by atoms with E-state index in [1.165, 1.54) is 6.07 Å². The summed E-state index contributed by atoms with van der Waals surface area (Å²) < 4.78 is 34.1. The van der Waals surface area contributed by atoms with Crippen molar-refractivity contribution in [3.05, 3.63) is 36.4 Å². The number of hydrogen-bond acceptors (Lipinski definition) is 2. The third kappa shape index (κ3) is 2.34. The average Bonchev–Trinajstić information content (AvgIpc) is 2.56. The first-order valence-corrected chi connectivity index (χ1v) is 8.24. The lowest BCUT2D eigenvalue weighted by Gasteiger charge is -2.27. The SMILES string of the molecule is C=CC(C)(C)C1=[N+](C)c2ccc(S(=O)(=O)O)cc2C1(C)C. The van der Waals surface area contributed by atoms with Crippen LogP contribution in [0.5, 0.6) is 0 Å². The van der Waals surface area contributed by atoms with Gasteiger partial charge in [-0.15, -0.1) is 6.58 Å². The molecule has 4 nitrogen and oxygen atoms in total. The molecular formula is C16H22NO3S+. The number of nitrogens with zero attached hydrogens (tertiary/aromatic N) is 1. The molecule has 21 heavy (non-hydrogen) atoms. The molecule has 114 valence electrons. The molecule has 0 aliphatic carbocycles. The van der Waals surface area contributed by atoms with Crippen LogP contribution in [0.4, 0.5) is 5.69 Å². The zero-order valence-corrected chi connectivity index (χ0v) is 14.0. The Morgan fingerprint density at radius 3 is 2.38 bits per heavy atom. The van der Waals surface area contributed by atoms with Gasteiger partial charge in [-0.2, -0.15) is 8.42 Å². The first-order valence-electron chi connectivity index (χ1n) is 6.80. The van der Waals surface area contributed by atoms with E-state index in [0.717, 1.165) is 17.0 Å². The molecule has 0 radical (unpaired) electrons. The third-order valence-electron chi connectivity index (χ3n) is 4.35. The molecule has 1 aliphatic rings. The second-order valence-corrected chi connectivity index (χ2v) is 8.03. The molecule has 0 amide bonds. The lowest BCUT2D eigenvalue weighted by atomic mass is 9.71. The van der Waals surface area contributed by atoms with Crippen LogP contribution in [-0.2, 0) is 15.5 Å². The summed E-state index contributed by atoms with van der Waals surface area (Å²) in [4.78, 5) is -0.0691. The Hall–Kier alpha value is -1.46. The topological polar surface area (TPSA) is 57.4 Å². The molecule has 2 rings (SSSR count).